The molecule has 0 aromatic carbocycles. The molecule has 0 aliphatic carbocycles. The van der Waals surface area contributed by atoms with Crippen molar-refractivity contribution in [3.63, 3.8) is 0 Å². The Bertz CT molecular complexity index is 532. The Morgan fingerprint density at radius 3 is 2.10 bits per heavy atom. The highest BCUT2D eigenvalue weighted by Gasteiger charge is 2.32. The van der Waals surface area contributed by atoms with Crippen molar-refractivity contribution in [3.8, 4) is 0 Å². The van der Waals surface area contributed by atoms with E-state index in [1.54, 1.807) is 0 Å². The van der Waals surface area contributed by atoms with Gasteiger partial charge in [0.15, 0.2) is 0 Å². The lowest BCUT2D eigenvalue weighted by Crippen LogP contribution is -2.40. The van der Waals surface area contributed by atoms with E-state index in [2.05, 4.69) is 4.98 Å². The minimum atomic E-state index is -4.66. The molecule has 0 aliphatic heterocycles. The first-order chi connectivity index (χ1) is 9.63. The molecule has 0 fully saturated rings. The van der Waals surface area contributed by atoms with E-state index in [-0.39, 0.29) is 11.6 Å². The topological polar surface area (TPSA) is 140 Å². The zero-order valence-electron chi connectivity index (χ0n) is 10.6. The smallest absolute Gasteiger partial charge is 0.368 e. The number of amides is 2. The average molecular weight is 306 g/mol. The van der Waals surface area contributed by atoms with E-state index < -0.39 is 36.6 Å². The van der Waals surface area contributed by atoms with Crippen LogP contribution in [-0.2, 0) is 15.8 Å². The maximum absolute atomic E-state index is 12.8. The maximum Gasteiger partial charge on any atom is 0.416 e. The zero-order chi connectivity index (χ0) is 16.2. The summed E-state index contributed by atoms with van der Waals surface area (Å²) < 4.78 is 38.3. The SMILES string of the molecule is NNc1cc(C(F)(F)F)cc(N(CC(N)=O)CC(N)=O)n1. The van der Waals surface area contributed by atoms with Crippen molar-refractivity contribution < 1.29 is 22.8 Å². The lowest BCUT2D eigenvalue weighted by molar-refractivity contribution is -0.137. The van der Waals surface area contributed by atoms with Crippen molar-refractivity contribution in [2.24, 2.45) is 17.3 Å². The lowest BCUT2D eigenvalue weighted by Gasteiger charge is -2.22. The van der Waals surface area contributed by atoms with Gasteiger partial charge in [-0.05, 0) is 12.1 Å². The summed E-state index contributed by atoms with van der Waals surface area (Å²) in [6, 6.07) is 1.34. The van der Waals surface area contributed by atoms with E-state index in [0.29, 0.717) is 12.1 Å². The third kappa shape index (κ3) is 4.80. The summed E-state index contributed by atoms with van der Waals surface area (Å²) in [7, 11) is 0. The van der Waals surface area contributed by atoms with E-state index in [1.165, 1.54) is 0 Å². The van der Waals surface area contributed by atoms with Crippen molar-refractivity contribution in [3.05, 3.63) is 17.7 Å². The van der Waals surface area contributed by atoms with Crippen molar-refractivity contribution in [2.45, 2.75) is 6.18 Å². The molecule has 0 bridgehead atoms. The van der Waals surface area contributed by atoms with Crippen molar-refractivity contribution in [1.82, 2.24) is 4.98 Å². The molecule has 1 heterocycles. The number of primary amides is 2. The number of pyridine rings is 1. The Balaban J connectivity index is 3.28. The summed E-state index contributed by atoms with van der Waals surface area (Å²) in [5, 5.41) is 0. The number of nitrogens with zero attached hydrogens (tertiary/aromatic N) is 2. The molecular weight excluding hydrogens is 293 g/mol. The molecule has 0 unspecified atom stereocenters. The van der Waals surface area contributed by atoms with Gasteiger partial charge < -0.3 is 21.8 Å². The Morgan fingerprint density at radius 1 is 1.19 bits per heavy atom. The second kappa shape index (κ2) is 6.26. The van der Waals surface area contributed by atoms with Crippen LogP contribution < -0.4 is 27.6 Å². The van der Waals surface area contributed by atoms with E-state index >= 15 is 0 Å². The number of alkyl halides is 3. The molecule has 21 heavy (non-hydrogen) atoms. The van der Waals surface area contributed by atoms with Gasteiger partial charge in [-0.3, -0.25) is 9.59 Å². The van der Waals surface area contributed by atoms with Crippen molar-refractivity contribution in [1.29, 1.82) is 0 Å². The molecule has 0 saturated carbocycles. The first kappa shape index (κ1) is 16.5. The summed E-state index contributed by atoms with van der Waals surface area (Å²) in [6.07, 6.45) is -4.66. The highest BCUT2D eigenvalue weighted by molar-refractivity contribution is 5.84. The highest BCUT2D eigenvalue weighted by Crippen LogP contribution is 2.32. The number of halogens is 3. The van der Waals surface area contributed by atoms with Crippen LogP contribution in [0.5, 0.6) is 0 Å². The Hall–Kier alpha value is -2.56. The Labute approximate surface area is 117 Å². The standard InChI is InChI=1S/C10H13F3N6O2/c11-10(12,13)5-1-8(18-16)17-9(2-5)19(3-6(14)20)4-7(15)21/h1-2H,3-4,16H2,(H2,14,20)(H2,15,21)(H,17,18). The minimum absolute atomic E-state index is 0.293. The molecule has 8 nitrogen and oxygen atoms in total. The Kier molecular flexibility index (Phi) is 4.92. The molecule has 7 N–H and O–H groups in total. The molecule has 0 aliphatic rings. The fourth-order valence-electron chi connectivity index (χ4n) is 1.51. The van der Waals surface area contributed by atoms with Gasteiger partial charge in [-0.25, -0.2) is 10.8 Å². The van der Waals surface area contributed by atoms with Gasteiger partial charge in [-0.1, -0.05) is 0 Å². The molecule has 0 saturated heterocycles. The van der Waals surface area contributed by atoms with Gasteiger partial charge in [0.25, 0.3) is 0 Å². The molecule has 116 valence electrons. The number of carbonyl (C=O) groups excluding carboxylic acids is 2. The van der Waals surface area contributed by atoms with Crippen LogP contribution in [0.25, 0.3) is 0 Å². The third-order valence-electron chi connectivity index (χ3n) is 2.30. The number of anilines is 2. The molecule has 1 aromatic rings. The largest absolute Gasteiger partial charge is 0.416 e. The molecule has 0 spiro atoms. The molecule has 11 heteroatoms. The molecule has 2 amide bonds. The first-order valence-corrected chi connectivity index (χ1v) is 5.51. The number of carbonyl (C=O) groups is 2. The summed E-state index contributed by atoms with van der Waals surface area (Å²) in [6.45, 7) is -1.05. The number of aromatic nitrogens is 1. The second-order valence-corrected chi connectivity index (χ2v) is 4.03. The van der Waals surface area contributed by atoms with Crippen LogP contribution in [0.15, 0.2) is 12.1 Å². The summed E-state index contributed by atoms with van der Waals surface area (Å²) >= 11 is 0. The molecule has 1 rings (SSSR count). The summed E-state index contributed by atoms with van der Waals surface area (Å²) in [5.41, 5.74) is 10.9. The monoisotopic (exact) mass is 306 g/mol. The summed E-state index contributed by atoms with van der Waals surface area (Å²) in [5.74, 6) is 2.72. The number of nitrogen functional groups attached to an aromatic ring is 1. The quantitative estimate of drug-likeness (QED) is 0.399. The average Bonchev–Trinajstić information content (AvgIpc) is 2.35. The first-order valence-electron chi connectivity index (χ1n) is 5.51. The van der Waals surface area contributed by atoms with Gasteiger partial charge in [0.05, 0.1) is 18.7 Å². The van der Waals surface area contributed by atoms with Crippen LogP contribution >= 0.6 is 0 Å². The van der Waals surface area contributed by atoms with Gasteiger partial charge >= 0.3 is 6.18 Å². The molecule has 0 atom stereocenters. The lowest BCUT2D eigenvalue weighted by atomic mass is 10.2. The molecule has 0 radical (unpaired) electrons. The fraction of sp³-hybridized carbons (Fsp3) is 0.300. The summed E-state index contributed by atoms with van der Waals surface area (Å²) in [4.78, 5) is 26.5. The van der Waals surface area contributed by atoms with E-state index in [0.717, 1.165) is 4.90 Å². The second-order valence-electron chi connectivity index (χ2n) is 4.03. The zero-order valence-corrected chi connectivity index (χ0v) is 10.6. The van der Waals surface area contributed by atoms with Crippen molar-refractivity contribution >= 4 is 23.5 Å². The van der Waals surface area contributed by atoms with Gasteiger partial charge in [-0.15, -0.1) is 0 Å². The van der Waals surface area contributed by atoms with Crippen LogP contribution in [0.4, 0.5) is 24.8 Å². The maximum atomic E-state index is 12.8. The number of hydrogen-bond acceptors (Lipinski definition) is 6. The number of nitrogens with one attached hydrogen (secondary N) is 1. The van der Waals surface area contributed by atoms with Crippen LogP contribution in [0.3, 0.4) is 0 Å². The fourth-order valence-corrected chi connectivity index (χ4v) is 1.51. The van der Waals surface area contributed by atoms with Gasteiger partial charge in [0, 0.05) is 0 Å². The molecule has 1 aromatic heterocycles. The molecular formula is C10H13F3N6O2. The van der Waals surface area contributed by atoms with E-state index in [9.17, 15) is 22.8 Å². The van der Waals surface area contributed by atoms with Crippen LogP contribution in [0.2, 0.25) is 0 Å². The predicted molar refractivity (Wildman–Crippen MR) is 67.7 cm³/mol. The van der Waals surface area contributed by atoms with E-state index in [4.69, 9.17) is 17.3 Å². The third-order valence-corrected chi connectivity index (χ3v) is 2.30. The number of hydrogen-bond donors (Lipinski definition) is 4. The van der Waals surface area contributed by atoms with E-state index in [1.807, 2.05) is 5.43 Å². The Morgan fingerprint density at radius 2 is 1.71 bits per heavy atom. The number of hydrazine groups is 1. The van der Waals surface area contributed by atoms with Gasteiger partial charge in [0.1, 0.15) is 11.6 Å². The minimum Gasteiger partial charge on any atom is -0.368 e. The normalized spacial score (nSPS) is 11.0. The van der Waals surface area contributed by atoms with Crippen LogP contribution in [0.1, 0.15) is 5.56 Å². The predicted octanol–water partition coefficient (Wildman–Crippen LogP) is -0.837. The van der Waals surface area contributed by atoms with Crippen molar-refractivity contribution in [2.75, 3.05) is 23.4 Å². The van der Waals surface area contributed by atoms with Crippen LogP contribution in [-0.4, -0.2) is 29.9 Å². The highest BCUT2D eigenvalue weighted by atomic mass is 19.4. The van der Waals surface area contributed by atoms with Gasteiger partial charge in [-0.2, -0.15) is 13.2 Å². The van der Waals surface area contributed by atoms with Gasteiger partial charge in [0.2, 0.25) is 11.8 Å². The van der Waals surface area contributed by atoms with Crippen LogP contribution in [0, 0.1) is 0 Å². The number of nitrogens with two attached hydrogens (primary N) is 3. The number of rotatable bonds is 6.